The van der Waals surface area contributed by atoms with Crippen molar-refractivity contribution >= 4 is 21.8 Å². The van der Waals surface area contributed by atoms with E-state index in [2.05, 4.69) is 4.18 Å². The van der Waals surface area contributed by atoms with Gasteiger partial charge >= 0.3 is 10.4 Å². The third kappa shape index (κ3) is 40.8. The van der Waals surface area contributed by atoms with Gasteiger partial charge in [-0.2, -0.15) is 8.42 Å². The van der Waals surface area contributed by atoms with Gasteiger partial charge in [-0.25, -0.2) is 12.8 Å². The summed E-state index contributed by atoms with van der Waals surface area (Å²) in [4.78, 5) is 0. The highest BCUT2D eigenvalue weighted by atomic mass is 32.3. The first-order valence-corrected chi connectivity index (χ1v) is 4.15. The number of hydrogen-bond donors (Lipinski definition) is 2. The Morgan fingerprint density at radius 2 is 1.91 bits per heavy atom. The fraction of sp³-hybridized carbons (Fsp3) is 1.00. The lowest BCUT2D eigenvalue weighted by molar-refractivity contribution is 0.175. The van der Waals surface area contributed by atoms with Crippen LogP contribution in [0.15, 0.2) is 0 Å². The topological polar surface area (TPSA) is 124 Å². The Balaban J connectivity index is 0. The van der Waals surface area contributed by atoms with Gasteiger partial charge in [0.25, 0.3) is 0 Å². The lowest BCUT2D eigenvalue weighted by atomic mass is 11.6. The molecule has 1 unspecified atom stereocenters. The molecule has 0 fully saturated rings. The number of hydrogen-bond acceptors (Lipinski definition) is 5. The smallest absolute Gasteiger partial charge is 0.399 e. The number of rotatable bonds is 2. The summed E-state index contributed by atoms with van der Waals surface area (Å²) in [5.41, 5.74) is 0. The normalized spacial score (nSPS) is 13.1. The van der Waals surface area contributed by atoms with E-state index >= 15 is 0 Å². The van der Waals surface area contributed by atoms with E-state index in [1.807, 2.05) is 0 Å². The van der Waals surface area contributed by atoms with Crippen LogP contribution in [-0.2, 0) is 25.9 Å². The first-order valence-electron chi connectivity index (χ1n) is 1.75. The van der Waals surface area contributed by atoms with Gasteiger partial charge < -0.3 is 9.11 Å². The highest BCUT2D eigenvalue weighted by Crippen LogP contribution is 1.82. The van der Waals surface area contributed by atoms with E-state index in [1.165, 1.54) is 0 Å². The summed E-state index contributed by atoms with van der Waals surface area (Å²) in [6.07, 6.45) is 0. The van der Waals surface area contributed by atoms with Crippen molar-refractivity contribution in [3.8, 4) is 0 Å². The van der Waals surface area contributed by atoms with E-state index in [9.17, 15) is 12.8 Å². The maximum absolute atomic E-state index is 10.7. The van der Waals surface area contributed by atoms with Crippen molar-refractivity contribution in [3.05, 3.63) is 0 Å². The SMILES string of the molecule is O=S(=O)(O)OCF.O=S([O-])O. The minimum absolute atomic E-state index is 1.53. The molecule has 0 aliphatic carbocycles. The van der Waals surface area contributed by atoms with Crippen molar-refractivity contribution in [1.29, 1.82) is 0 Å². The molecule has 10 heteroatoms. The van der Waals surface area contributed by atoms with Gasteiger partial charge in [-0.15, -0.1) is 0 Å². The highest BCUT2D eigenvalue weighted by molar-refractivity contribution is 7.80. The van der Waals surface area contributed by atoms with E-state index in [0.717, 1.165) is 0 Å². The van der Waals surface area contributed by atoms with Crippen LogP contribution in [-0.4, -0.2) is 33.1 Å². The molecule has 0 radical (unpaired) electrons. The Kier molecular flexibility index (Phi) is 8.04. The molecule has 0 aromatic heterocycles. The van der Waals surface area contributed by atoms with Crippen molar-refractivity contribution in [3.63, 3.8) is 0 Å². The molecule has 0 aromatic carbocycles. The minimum atomic E-state index is -4.55. The molecule has 0 bridgehead atoms. The Morgan fingerprint density at radius 1 is 1.64 bits per heavy atom. The molecule has 0 saturated carbocycles. The van der Waals surface area contributed by atoms with Crippen molar-refractivity contribution < 1.29 is 34.9 Å². The first kappa shape index (κ1) is 13.5. The second kappa shape index (κ2) is 6.57. The average Bonchev–Trinajstić information content (AvgIpc) is 1.58. The van der Waals surface area contributed by atoms with Crippen molar-refractivity contribution in [1.82, 2.24) is 0 Å². The predicted octanol–water partition coefficient (Wildman–Crippen LogP) is -0.929. The van der Waals surface area contributed by atoms with E-state index in [-0.39, 0.29) is 0 Å². The van der Waals surface area contributed by atoms with Gasteiger partial charge in [0.2, 0.25) is 6.86 Å². The van der Waals surface area contributed by atoms with Crippen LogP contribution in [0.4, 0.5) is 4.39 Å². The lowest BCUT2D eigenvalue weighted by Gasteiger charge is -1.86. The van der Waals surface area contributed by atoms with Gasteiger partial charge in [0.1, 0.15) is 0 Å². The van der Waals surface area contributed by atoms with Crippen molar-refractivity contribution in [2.75, 3.05) is 6.86 Å². The van der Waals surface area contributed by atoms with Crippen LogP contribution in [0.3, 0.4) is 0 Å². The summed E-state index contributed by atoms with van der Waals surface area (Å²) in [7, 11) is -4.55. The zero-order valence-electron chi connectivity index (χ0n) is 4.84. The van der Waals surface area contributed by atoms with E-state index < -0.39 is 28.6 Å². The summed E-state index contributed by atoms with van der Waals surface area (Å²) in [6.45, 7) is -1.53. The molecule has 1 atom stereocenters. The number of halogens is 1. The van der Waals surface area contributed by atoms with E-state index in [1.54, 1.807) is 0 Å². The Bertz CT molecular complexity index is 190. The average molecular weight is 211 g/mol. The molecule has 2 N–H and O–H groups in total. The molecule has 0 aliphatic rings. The van der Waals surface area contributed by atoms with E-state index in [4.69, 9.17) is 17.9 Å². The van der Waals surface area contributed by atoms with Gasteiger partial charge in [-0.1, -0.05) is 0 Å². The van der Waals surface area contributed by atoms with Gasteiger partial charge in [0.15, 0.2) is 0 Å². The molecule has 0 aromatic rings. The minimum Gasteiger partial charge on any atom is -0.750 e. The van der Waals surface area contributed by atoms with Crippen LogP contribution in [0, 0.1) is 0 Å². The Hall–Kier alpha value is -0.130. The first-order chi connectivity index (χ1) is 4.79. The standard InChI is InChI=1S/CH3FO4S.H2O3S/c2-1-6-7(3,4)5;1-4(2)3/h1H2,(H,3,4,5);(H2,1,2,3)/p-1. The summed E-state index contributed by atoms with van der Waals surface area (Å²) in [5.74, 6) is 0. The quantitative estimate of drug-likeness (QED) is 0.446. The summed E-state index contributed by atoms with van der Waals surface area (Å²) in [5, 5.41) is 0. The van der Waals surface area contributed by atoms with Gasteiger partial charge in [0, 0.05) is 0 Å². The number of alkyl halides is 1. The molecule has 0 saturated heterocycles. The van der Waals surface area contributed by atoms with Crippen LogP contribution < -0.4 is 0 Å². The molecule has 0 rings (SSSR count). The summed E-state index contributed by atoms with van der Waals surface area (Å²) >= 11 is -2.86. The monoisotopic (exact) mass is 211 g/mol. The highest BCUT2D eigenvalue weighted by Gasteiger charge is 1.99. The Morgan fingerprint density at radius 3 is 1.91 bits per heavy atom. The van der Waals surface area contributed by atoms with Gasteiger partial charge in [-0.05, 0) is 0 Å². The second-order valence-electron chi connectivity index (χ2n) is 0.872. The zero-order chi connectivity index (χ0) is 9.49. The Labute approximate surface area is 64.2 Å². The van der Waals surface area contributed by atoms with Gasteiger partial charge in [-0.3, -0.25) is 4.55 Å². The summed E-state index contributed by atoms with van der Waals surface area (Å²) in [6, 6.07) is 0. The maximum Gasteiger partial charge on any atom is 0.399 e. The zero-order valence-corrected chi connectivity index (χ0v) is 6.47. The molecular weight excluding hydrogens is 207 g/mol. The molecule has 0 spiro atoms. The largest absolute Gasteiger partial charge is 0.750 e. The molecule has 0 aliphatic heterocycles. The fourth-order valence-electron chi connectivity index (χ4n) is 0.0563. The van der Waals surface area contributed by atoms with Crippen LogP contribution in [0.2, 0.25) is 0 Å². The lowest BCUT2D eigenvalue weighted by Crippen LogP contribution is -2.00. The predicted molar refractivity (Wildman–Crippen MR) is 30.2 cm³/mol. The third-order valence-electron chi connectivity index (χ3n) is 0.193. The fourth-order valence-corrected chi connectivity index (χ4v) is 0.169. The van der Waals surface area contributed by atoms with Crippen molar-refractivity contribution in [2.45, 2.75) is 0 Å². The second-order valence-corrected chi connectivity index (χ2v) is 2.40. The van der Waals surface area contributed by atoms with E-state index in [0.29, 0.717) is 0 Å². The van der Waals surface area contributed by atoms with Gasteiger partial charge in [0.05, 0.1) is 11.4 Å². The van der Waals surface area contributed by atoms with Crippen LogP contribution in [0.1, 0.15) is 0 Å². The molecule has 0 amide bonds. The maximum atomic E-state index is 10.7. The molecule has 7 nitrogen and oxygen atoms in total. The molecule has 70 valence electrons. The van der Waals surface area contributed by atoms with Crippen molar-refractivity contribution in [2.24, 2.45) is 0 Å². The molecule has 11 heavy (non-hydrogen) atoms. The third-order valence-corrected chi connectivity index (χ3v) is 0.580. The molecular formula is CH4FO7S2-. The van der Waals surface area contributed by atoms with Crippen LogP contribution >= 0.6 is 0 Å². The van der Waals surface area contributed by atoms with Crippen LogP contribution in [0.5, 0.6) is 0 Å². The molecule has 0 heterocycles. The van der Waals surface area contributed by atoms with Crippen LogP contribution in [0.25, 0.3) is 0 Å². The summed E-state index contributed by atoms with van der Waals surface area (Å²) < 4.78 is 64.1.